The molecule has 0 aliphatic rings. The number of aliphatic hydroxyl groups excluding tert-OH is 2. The summed E-state index contributed by atoms with van der Waals surface area (Å²) >= 11 is 0. The summed E-state index contributed by atoms with van der Waals surface area (Å²) in [5.74, 6) is 5.40. The zero-order valence-electron chi connectivity index (χ0n) is 7.45. The normalized spacial score (nSPS) is 14.7. The molecule has 0 fully saturated rings. The van der Waals surface area contributed by atoms with E-state index >= 15 is 0 Å². The maximum absolute atomic E-state index is 9.16. The van der Waals surface area contributed by atoms with Gasteiger partial charge in [-0.05, 0) is 6.42 Å². The quantitative estimate of drug-likeness (QED) is 0.407. The van der Waals surface area contributed by atoms with E-state index in [0.29, 0.717) is 0 Å². The van der Waals surface area contributed by atoms with Gasteiger partial charge in [-0.25, -0.2) is 0 Å². The van der Waals surface area contributed by atoms with Gasteiger partial charge in [-0.2, -0.15) is 0 Å². The average Bonchev–Trinajstić information content (AvgIpc) is 2.10. The van der Waals surface area contributed by atoms with E-state index in [9.17, 15) is 0 Å². The molecule has 0 bridgehead atoms. The van der Waals surface area contributed by atoms with Crippen LogP contribution in [0.25, 0.3) is 0 Å². The van der Waals surface area contributed by atoms with Crippen molar-refractivity contribution in [3.63, 3.8) is 0 Å². The molecule has 0 aliphatic carbocycles. The molecule has 4 N–H and O–H groups in total. The minimum atomic E-state index is -0.896. The summed E-state index contributed by atoms with van der Waals surface area (Å²) in [4.78, 5) is 0. The van der Waals surface area contributed by atoms with Gasteiger partial charge in [0.25, 0.3) is 0 Å². The molecule has 0 saturated heterocycles. The zero-order valence-corrected chi connectivity index (χ0v) is 7.45. The van der Waals surface area contributed by atoms with Gasteiger partial charge in [0.1, 0.15) is 6.10 Å². The number of nitrogens with two attached hydrogens (primary N) is 1. The van der Waals surface area contributed by atoms with Crippen molar-refractivity contribution in [3.8, 4) is 11.8 Å². The van der Waals surface area contributed by atoms with Gasteiger partial charge in [-0.1, -0.05) is 19.3 Å². The van der Waals surface area contributed by atoms with Crippen molar-refractivity contribution in [1.29, 1.82) is 0 Å². The van der Waals surface area contributed by atoms with E-state index in [2.05, 4.69) is 18.8 Å². The van der Waals surface area contributed by atoms with Gasteiger partial charge in [0.2, 0.25) is 0 Å². The number of hydrogen-bond donors (Lipinski definition) is 3. The van der Waals surface area contributed by atoms with Crippen molar-refractivity contribution in [1.82, 2.24) is 0 Å². The Kier molecular flexibility index (Phi) is 6.78. The molecule has 0 aromatic heterocycles. The fourth-order valence-electron chi connectivity index (χ4n) is 0.649. The topological polar surface area (TPSA) is 66.5 Å². The molecular weight excluding hydrogens is 154 g/mol. The van der Waals surface area contributed by atoms with Crippen LogP contribution in [0, 0.1) is 11.8 Å². The van der Waals surface area contributed by atoms with Crippen LogP contribution in [-0.4, -0.2) is 29.0 Å². The minimum absolute atomic E-state index is 0.233. The molecule has 0 aromatic rings. The lowest BCUT2D eigenvalue weighted by atomic mass is 10.2. The van der Waals surface area contributed by atoms with E-state index in [4.69, 9.17) is 15.9 Å². The molecule has 0 heterocycles. The van der Waals surface area contributed by atoms with Crippen LogP contribution < -0.4 is 5.73 Å². The van der Waals surface area contributed by atoms with Crippen molar-refractivity contribution >= 4 is 0 Å². The van der Waals surface area contributed by atoms with Gasteiger partial charge in [0, 0.05) is 6.42 Å². The third-order valence-corrected chi connectivity index (χ3v) is 1.52. The van der Waals surface area contributed by atoms with E-state index in [1.54, 1.807) is 0 Å². The Morgan fingerprint density at radius 1 is 1.50 bits per heavy atom. The van der Waals surface area contributed by atoms with Crippen LogP contribution in [0.5, 0.6) is 0 Å². The van der Waals surface area contributed by atoms with Crippen molar-refractivity contribution < 1.29 is 10.2 Å². The van der Waals surface area contributed by atoms with Crippen LogP contribution in [0.4, 0.5) is 0 Å². The van der Waals surface area contributed by atoms with Crippen LogP contribution >= 0.6 is 0 Å². The Morgan fingerprint density at radius 2 is 2.17 bits per heavy atom. The highest BCUT2D eigenvalue weighted by Gasteiger charge is 2.08. The number of unbranched alkanes of at least 4 members (excludes halogenated alkanes) is 2. The summed E-state index contributed by atoms with van der Waals surface area (Å²) < 4.78 is 0. The Morgan fingerprint density at radius 3 is 2.67 bits per heavy atom. The van der Waals surface area contributed by atoms with E-state index in [1.807, 2.05) is 0 Å². The second kappa shape index (κ2) is 7.11. The molecule has 2 atom stereocenters. The predicted octanol–water partition coefficient (Wildman–Crippen LogP) is -0.140. The lowest BCUT2D eigenvalue weighted by Crippen LogP contribution is -2.36. The number of aliphatic hydroxyl groups is 2. The smallest absolute Gasteiger partial charge is 0.131 e. The maximum Gasteiger partial charge on any atom is 0.131 e. The van der Waals surface area contributed by atoms with Gasteiger partial charge in [0.05, 0.1) is 12.6 Å². The van der Waals surface area contributed by atoms with Gasteiger partial charge in [0.15, 0.2) is 0 Å². The predicted molar refractivity (Wildman–Crippen MR) is 48.4 cm³/mol. The summed E-state index contributed by atoms with van der Waals surface area (Å²) in [6.45, 7) is 1.85. The Balaban J connectivity index is 3.63. The molecule has 3 nitrogen and oxygen atoms in total. The highest BCUT2D eigenvalue weighted by molar-refractivity contribution is 5.07. The SMILES string of the molecule is CCCCC#C[C@@H](O)[C@@H](N)CO. The molecule has 0 amide bonds. The third kappa shape index (κ3) is 5.14. The van der Waals surface area contributed by atoms with Crippen molar-refractivity contribution in [3.05, 3.63) is 0 Å². The molecular formula is C9H17NO2. The van der Waals surface area contributed by atoms with Gasteiger partial charge >= 0.3 is 0 Å². The summed E-state index contributed by atoms with van der Waals surface area (Å²) in [5, 5.41) is 17.7. The Bertz CT molecular complexity index is 160. The molecule has 0 rings (SSSR count). The zero-order chi connectivity index (χ0) is 9.40. The Hall–Kier alpha value is -0.560. The fraction of sp³-hybridized carbons (Fsp3) is 0.778. The molecule has 0 radical (unpaired) electrons. The summed E-state index contributed by atoms with van der Waals surface area (Å²) in [5.41, 5.74) is 5.33. The molecule has 3 heteroatoms. The van der Waals surface area contributed by atoms with Crippen LogP contribution in [0.15, 0.2) is 0 Å². The van der Waals surface area contributed by atoms with Crippen LogP contribution in [0.1, 0.15) is 26.2 Å². The first-order chi connectivity index (χ1) is 5.72. The van der Waals surface area contributed by atoms with Crippen molar-refractivity contribution in [2.45, 2.75) is 38.3 Å². The van der Waals surface area contributed by atoms with Gasteiger partial charge < -0.3 is 15.9 Å². The second-order valence-electron chi connectivity index (χ2n) is 2.72. The molecule has 0 aliphatic heterocycles. The summed E-state index contributed by atoms with van der Waals surface area (Å²) in [7, 11) is 0. The third-order valence-electron chi connectivity index (χ3n) is 1.52. The summed E-state index contributed by atoms with van der Waals surface area (Å²) in [6.07, 6.45) is 2.02. The van der Waals surface area contributed by atoms with Gasteiger partial charge in [-0.3, -0.25) is 0 Å². The van der Waals surface area contributed by atoms with E-state index in [0.717, 1.165) is 19.3 Å². The number of rotatable bonds is 4. The van der Waals surface area contributed by atoms with Crippen LogP contribution in [0.2, 0.25) is 0 Å². The first-order valence-corrected chi connectivity index (χ1v) is 4.25. The van der Waals surface area contributed by atoms with Gasteiger partial charge in [-0.15, -0.1) is 5.92 Å². The summed E-state index contributed by atoms with van der Waals surface area (Å²) in [6, 6.07) is -0.640. The molecule has 70 valence electrons. The standard InChI is InChI=1S/C9H17NO2/c1-2-3-4-5-6-9(12)8(10)7-11/h8-9,11-12H,2-4,7,10H2,1H3/t8-,9+/m0/s1. The van der Waals surface area contributed by atoms with Crippen LogP contribution in [0.3, 0.4) is 0 Å². The highest BCUT2D eigenvalue weighted by atomic mass is 16.3. The number of hydrogen-bond acceptors (Lipinski definition) is 3. The lowest BCUT2D eigenvalue weighted by Gasteiger charge is -2.09. The molecule has 0 saturated carbocycles. The molecule has 12 heavy (non-hydrogen) atoms. The average molecular weight is 171 g/mol. The van der Waals surface area contributed by atoms with Crippen molar-refractivity contribution in [2.24, 2.45) is 5.73 Å². The second-order valence-corrected chi connectivity index (χ2v) is 2.72. The fourth-order valence-corrected chi connectivity index (χ4v) is 0.649. The maximum atomic E-state index is 9.16. The molecule has 0 unspecified atom stereocenters. The van der Waals surface area contributed by atoms with E-state index in [-0.39, 0.29) is 6.61 Å². The monoisotopic (exact) mass is 171 g/mol. The first-order valence-electron chi connectivity index (χ1n) is 4.25. The molecule has 0 aromatic carbocycles. The van der Waals surface area contributed by atoms with E-state index in [1.165, 1.54) is 0 Å². The van der Waals surface area contributed by atoms with E-state index < -0.39 is 12.1 Å². The minimum Gasteiger partial charge on any atom is -0.395 e. The molecule has 0 spiro atoms. The largest absolute Gasteiger partial charge is 0.395 e. The highest BCUT2D eigenvalue weighted by Crippen LogP contribution is 1.92. The Labute approximate surface area is 73.6 Å². The van der Waals surface area contributed by atoms with Crippen molar-refractivity contribution in [2.75, 3.05) is 6.61 Å². The van der Waals surface area contributed by atoms with Crippen LogP contribution in [-0.2, 0) is 0 Å². The lowest BCUT2D eigenvalue weighted by molar-refractivity contribution is 0.150. The first kappa shape index (κ1) is 11.4.